The van der Waals surface area contributed by atoms with Gasteiger partial charge in [-0.3, -0.25) is 4.98 Å². The number of anilines is 1. The fourth-order valence-corrected chi connectivity index (χ4v) is 2.98. The van der Waals surface area contributed by atoms with E-state index in [0.29, 0.717) is 5.88 Å². The summed E-state index contributed by atoms with van der Waals surface area (Å²) in [4.78, 5) is 4.48. The maximum absolute atomic E-state index is 6.25. The fourth-order valence-electron chi connectivity index (χ4n) is 2.98. The summed E-state index contributed by atoms with van der Waals surface area (Å²) in [6.45, 7) is 13.3. The number of hydrogen-bond acceptors (Lipinski definition) is 3. The first-order valence-electron chi connectivity index (χ1n) is 8.37. The first-order valence-corrected chi connectivity index (χ1v) is 8.37. The first-order chi connectivity index (χ1) is 11.1. The first kappa shape index (κ1) is 16.6. The van der Waals surface area contributed by atoms with Crippen LogP contribution in [-0.4, -0.2) is 4.98 Å². The number of fused-ring (bicyclic) bond motifs is 1. The van der Waals surface area contributed by atoms with Crippen molar-refractivity contribution in [1.29, 1.82) is 0 Å². The van der Waals surface area contributed by atoms with Gasteiger partial charge in [0.2, 0.25) is 5.88 Å². The summed E-state index contributed by atoms with van der Waals surface area (Å²) in [5, 5.41) is 1.04. The van der Waals surface area contributed by atoms with Gasteiger partial charge in [0.25, 0.3) is 0 Å². The molecule has 3 rings (SSSR count). The van der Waals surface area contributed by atoms with Crippen LogP contribution in [0.1, 0.15) is 52.7 Å². The molecule has 0 bridgehead atoms. The van der Waals surface area contributed by atoms with E-state index in [0.717, 1.165) is 22.2 Å². The number of nitrogens with two attached hydrogens (primary N) is 1. The van der Waals surface area contributed by atoms with Gasteiger partial charge in [-0.1, -0.05) is 53.7 Å². The molecule has 24 heavy (non-hydrogen) atoms. The van der Waals surface area contributed by atoms with E-state index < -0.39 is 0 Å². The predicted octanol–water partition coefficient (Wildman–Crippen LogP) is 5.67. The van der Waals surface area contributed by atoms with Crippen molar-refractivity contribution >= 4 is 16.9 Å². The second-order valence-electron chi connectivity index (χ2n) is 8.46. The Balaban J connectivity index is 2.42. The van der Waals surface area contributed by atoms with Crippen LogP contribution in [-0.2, 0) is 10.8 Å². The van der Waals surface area contributed by atoms with E-state index in [4.69, 9.17) is 10.2 Å². The molecule has 0 aliphatic carbocycles. The van der Waals surface area contributed by atoms with Gasteiger partial charge in [-0.05, 0) is 34.6 Å². The van der Waals surface area contributed by atoms with E-state index in [-0.39, 0.29) is 10.8 Å². The number of rotatable bonds is 1. The molecule has 0 saturated heterocycles. The van der Waals surface area contributed by atoms with Crippen molar-refractivity contribution in [1.82, 2.24) is 4.98 Å². The molecule has 126 valence electrons. The lowest BCUT2D eigenvalue weighted by Crippen LogP contribution is -2.16. The van der Waals surface area contributed by atoms with Crippen molar-refractivity contribution in [3.05, 3.63) is 47.7 Å². The summed E-state index contributed by atoms with van der Waals surface area (Å²) in [5.41, 5.74) is 11.3. The molecule has 0 amide bonds. The Morgan fingerprint density at radius 2 is 1.67 bits per heavy atom. The monoisotopic (exact) mass is 322 g/mol. The number of furan rings is 1. The third-order valence-corrected chi connectivity index (χ3v) is 4.41. The Labute approximate surface area is 143 Å². The highest BCUT2D eigenvalue weighted by molar-refractivity contribution is 6.01. The lowest BCUT2D eigenvalue weighted by molar-refractivity contribution is 0.555. The van der Waals surface area contributed by atoms with Crippen LogP contribution in [0.2, 0.25) is 0 Å². The van der Waals surface area contributed by atoms with Gasteiger partial charge in [-0.25, -0.2) is 0 Å². The second kappa shape index (κ2) is 5.37. The topological polar surface area (TPSA) is 52.0 Å². The quantitative estimate of drug-likeness (QED) is 0.628. The van der Waals surface area contributed by atoms with Crippen LogP contribution in [0, 0.1) is 0 Å². The van der Waals surface area contributed by atoms with Gasteiger partial charge in [0.05, 0.1) is 11.3 Å². The summed E-state index contributed by atoms with van der Waals surface area (Å²) >= 11 is 0. The molecule has 0 spiro atoms. The molecule has 0 unspecified atom stereocenters. The van der Waals surface area contributed by atoms with E-state index in [1.807, 2.05) is 18.2 Å². The SMILES string of the molecule is CC(C)(C)c1cc(C(C)(C)C)c2oc(N)c(-c3ccccn3)c2c1. The van der Waals surface area contributed by atoms with Crippen LogP contribution in [0.5, 0.6) is 0 Å². The van der Waals surface area contributed by atoms with Gasteiger partial charge in [-0.2, -0.15) is 0 Å². The Hall–Kier alpha value is -2.29. The lowest BCUT2D eigenvalue weighted by atomic mass is 9.79. The van der Waals surface area contributed by atoms with E-state index in [1.54, 1.807) is 6.20 Å². The van der Waals surface area contributed by atoms with E-state index in [1.165, 1.54) is 11.1 Å². The lowest BCUT2D eigenvalue weighted by Gasteiger charge is -2.25. The summed E-state index contributed by atoms with van der Waals surface area (Å²) in [5.74, 6) is 0.431. The molecular formula is C21H26N2O. The molecule has 3 aromatic rings. The molecule has 3 nitrogen and oxygen atoms in total. The minimum atomic E-state index is -0.0365. The van der Waals surface area contributed by atoms with Gasteiger partial charge in [0, 0.05) is 17.1 Å². The molecule has 2 heterocycles. The van der Waals surface area contributed by atoms with E-state index in [2.05, 4.69) is 58.7 Å². The zero-order valence-electron chi connectivity index (χ0n) is 15.4. The number of benzene rings is 1. The fraction of sp³-hybridized carbons (Fsp3) is 0.381. The molecule has 0 atom stereocenters. The van der Waals surface area contributed by atoms with Crippen LogP contribution in [0.15, 0.2) is 40.9 Å². The number of nitrogens with zero attached hydrogens (tertiary/aromatic N) is 1. The molecule has 0 radical (unpaired) electrons. The van der Waals surface area contributed by atoms with Crippen molar-refractivity contribution in [2.24, 2.45) is 0 Å². The van der Waals surface area contributed by atoms with Crippen LogP contribution in [0.3, 0.4) is 0 Å². The normalized spacial score (nSPS) is 12.8. The number of hydrogen-bond donors (Lipinski definition) is 1. The van der Waals surface area contributed by atoms with Crippen LogP contribution in [0.4, 0.5) is 5.88 Å². The Morgan fingerprint density at radius 3 is 2.21 bits per heavy atom. The van der Waals surface area contributed by atoms with Crippen LogP contribution in [0.25, 0.3) is 22.2 Å². The van der Waals surface area contributed by atoms with Gasteiger partial charge in [0.1, 0.15) is 5.58 Å². The van der Waals surface area contributed by atoms with Gasteiger partial charge in [-0.15, -0.1) is 0 Å². The average Bonchev–Trinajstić information content (AvgIpc) is 2.80. The van der Waals surface area contributed by atoms with Crippen molar-refractivity contribution in [3.8, 4) is 11.3 Å². The third kappa shape index (κ3) is 2.79. The minimum Gasteiger partial charge on any atom is -0.440 e. The van der Waals surface area contributed by atoms with Crippen molar-refractivity contribution < 1.29 is 4.42 Å². The molecule has 2 aromatic heterocycles. The Kier molecular flexibility index (Phi) is 3.71. The highest BCUT2D eigenvalue weighted by Crippen LogP contribution is 2.42. The minimum absolute atomic E-state index is 0.0365. The van der Waals surface area contributed by atoms with Crippen LogP contribution >= 0.6 is 0 Å². The van der Waals surface area contributed by atoms with Crippen molar-refractivity contribution in [2.75, 3.05) is 5.73 Å². The second-order valence-corrected chi connectivity index (χ2v) is 8.46. The molecular weight excluding hydrogens is 296 g/mol. The Morgan fingerprint density at radius 1 is 0.958 bits per heavy atom. The molecule has 0 saturated carbocycles. The highest BCUT2D eigenvalue weighted by atomic mass is 16.3. The number of nitrogen functional groups attached to an aromatic ring is 1. The molecule has 0 aliphatic heterocycles. The van der Waals surface area contributed by atoms with Crippen molar-refractivity contribution in [3.63, 3.8) is 0 Å². The molecule has 0 fully saturated rings. The van der Waals surface area contributed by atoms with E-state index in [9.17, 15) is 0 Å². The van der Waals surface area contributed by atoms with E-state index >= 15 is 0 Å². The van der Waals surface area contributed by atoms with Crippen LogP contribution < -0.4 is 5.73 Å². The Bertz CT molecular complexity index is 878. The average molecular weight is 322 g/mol. The summed E-state index contributed by atoms with van der Waals surface area (Å²) < 4.78 is 6.02. The molecule has 3 heteroatoms. The summed E-state index contributed by atoms with van der Waals surface area (Å²) in [6.07, 6.45) is 1.78. The number of aromatic nitrogens is 1. The van der Waals surface area contributed by atoms with Crippen molar-refractivity contribution in [2.45, 2.75) is 52.4 Å². The van der Waals surface area contributed by atoms with Gasteiger partial charge in [0.15, 0.2) is 0 Å². The summed E-state index contributed by atoms with van der Waals surface area (Å²) in [7, 11) is 0. The summed E-state index contributed by atoms with van der Waals surface area (Å²) in [6, 6.07) is 10.3. The zero-order chi connectivity index (χ0) is 17.7. The largest absolute Gasteiger partial charge is 0.440 e. The standard InChI is InChI=1S/C21H26N2O/c1-20(2,3)13-11-14-17(16-9-7-8-10-23-16)19(22)24-18(14)15(12-13)21(4,5)6/h7-12H,22H2,1-6H3. The maximum atomic E-state index is 6.25. The maximum Gasteiger partial charge on any atom is 0.201 e. The zero-order valence-corrected chi connectivity index (χ0v) is 15.4. The smallest absolute Gasteiger partial charge is 0.201 e. The molecule has 0 aliphatic rings. The molecule has 2 N–H and O–H groups in total. The third-order valence-electron chi connectivity index (χ3n) is 4.41. The van der Waals surface area contributed by atoms with Gasteiger partial charge >= 0.3 is 0 Å². The molecule has 1 aromatic carbocycles. The van der Waals surface area contributed by atoms with Gasteiger partial charge < -0.3 is 10.2 Å². The number of pyridine rings is 1. The predicted molar refractivity (Wildman–Crippen MR) is 101 cm³/mol. The highest BCUT2D eigenvalue weighted by Gasteiger charge is 2.27.